The summed E-state index contributed by atoms with van der Waals surface area (Å²) >= 11 is 3.36. The van der Waals surface area contributed by atoms with Crippen LogP contribution in [0.25, 0.3) is 17.0 Å². The lowest BCUT2D eigenvalue weighted by molar-refractivity contribution is -0.112. The summed E-state index contributed by atoms with van der Waals surface area (Å²) in [6.07, 6.45) is 5.36. The van der Waals surface area contributed by atoms with Crippen molar-refractivity contribution in [2.24, 2.45) is 0 Å². The fourth-order valence-corrected chi connectivity index (χ4v) is 3.15. The molecule has 2 aromatic carbocycles. The third-order valence-corrected chi connectivity index (χ3v) is 4.39. The van der Waals surface area contributed by atoms with E-state index in [0.717, 1.165) is 20.9 Å². The molecule has 1 amide bonds. The molecule has 128 valence electrons. The van der Waals surface area contributed by atoms with Gasteiger partial charge in [-0.25, -0.2) is 0 Å². The predicted octanol–water partition coefficient (Wildman–Crippen LogP) is 5.14. The number of hydrogen-bond acceptors (Lipinski definition) is 2. The van der Waals surface area contributed by atoms with Crippen molar-refractivity contribution in [2.45, 2.75) is 6.54 Å². The number of halogens is 1. The maximum atomic E-state index is 12.5. The van der Waals surface area contributed by atoms with Crippen molar-refractivity contribution >= 4 is 44.5 Å². The first-order valence-electron chi connectivity index (χ1n) is 8.00. The molecule has 0 aliphatic heterocycles. The maximum Gasteiger partial charge on any atom is 0.266 e. The van der Waals surface area contributed by atoms with Gasteiger partial charge in [0.25, 0.3) is 5.91 Å². The van der Waals surface area contributed by atoms with Crippen molar-refractivity contribution in [1.82, 2.24) is 4.57 Å². The summed E-state index contributed by atoms with van der Waals surface area (Å²) in [5.74, 6) is -0.439. The highest BCUT2D eigenvalue weighted by Crippen LogP contribution is 2.24. The monoisotopic (exact) mass is 405 g/mol. The smallest absolute Gasteiger partial charge is 0.266 e. The van der Waals surface area contributed by atoms with Gasteiger partial charge in [0.2, 0.25) is 0 Å². The number of anilines is 1. The first kappa shape index (κ1) is 17.7. The minimum atomic E-state index is -0.439. The zero-order chi connectivity index (χ0) is 18.5. The zero-order valence-electron chi connectivity index (χ0n) is 13.9. The van der Waals surface area contributed by atoms with Gasteiger partial charge in [-0.3, -0.25) is 4.79 Å². The summed E-state index contributed by atoms with van der Waals surface area (Å²) in [5.41, 5.74) is 2.53. The third kappa shape index (κ3) is 3.76. The Hall–Kier alpha value is -3.10. The van der Waals surface area contributed by atoms with E-state index >= 15 is 0 Å². The van der Waals surface area contributed by atoms with Crippen LogP contribution in [0.5, 0.6) is 0 Å². The summed E-state index contributed by atoms with van der Waals surface area (Å²) in [7, 11) is 0. The second-order valence-electron chi connectivity index (χ2n) is 5.68. The van der Waals surface area contributed by atoms with Crippen molar-refractivity contribution < 1.29 is 4.79 Å². The molecule has 0 aliphatic rings. The quantitative estimate of drug-likeness (QED) is 0.363. The molecular weight excluding hydrogens is 390 g/mol. The third-order valence-electron chi connectivity index (χ3n) is 3.89. The van der Waals surface area contributed by atoms with E-state index in [1.165, 1.54) is 0 Å². The van der Waals surface area contributed by atoms with Gasteiger partial charge in [-0.05, 0) is 30.3 Å². The molecule has 0 saturated heterocycles. The zero-order valence-corrected chi connectivity index (χ0v) is 15.5. The number of allylic oxidation sites excluding steroid dienone is 1. The fourth-order valence-electron chi connectivity index (χ4n) is 2.75. The summed E-state index contributed by atoms with van der Waals surface area (Å²) in [4.78, 5) is 12.5. The van der Waals surface area contributed by atoms with E-state index in [1.54, 1.807) is 18.2 Å². The molecule has 4 nitrogen and oxygen atoms in total. The molecule has 0 saturated carbocycles. The first-order chi connectivity index (χ1) is 12.6. The second-order valence-corrected chi connectivity index (χ2v) is 6.59. The van der Waals surface area contributed by atoms with Crippen LogP contribution in [0.2, 0.25) is 0 Å². The van der Waals surface area contributed by atoms with Gasteiger partial charge in [-0.1, -0.05) is 46.3 Å². The van der Waals surface area contributed by atoms with E-state index in [0.29, 0.717) is 12.2 Å². The van der Waals surface area contributed by atoms with Crippen LogP contribution < -0.4 is 5.32 Å². The standard InChI is InChI=1S/C21H16BrN3O/c1-2-10-25-14-16(19-8-3-4-9-20(19)25)11-15(13-23)21(26)24-18-7-5-6-17(22)12-18/h2-9,11-12,14H,1,10H2,(H,24,26)/b15-11-. The average Bonchev–Trinajstić information content (AvgIpc) is 2.98. The highest BCUT2D eigenvalue weighted by molar-refractivity contribution is 9.10. The Bertz CT molecular complexity index is 1060. The molecule has 0 aliphatic carbocycles. The molecule has 3 rings (SSSR count). The molecule has 0 spiro atoms. The predicted molar refractivity (Wildman–Crippen MR) is 108 cm³/mol. The molecular formula is C21H16BrN3O. The van der Waals surface area contributed by atoms with E-state index in [9.17, 15) is 10.1 Å². The van der Waals surface area contributed by atoms with Crippen LogP contribution >= 0.6 is 15.9 Å². The number of nitrogens with one attached hydrogen (secondary N) is 1. The van der Waals surface area contributed by atoms with E-state index in [-0.39, 0.29) is 5.57 Å². The number of nitrogens with zero attached hydrogens (tertiary/aromatic N) is 2. The Morgan fingerprint density at radius 1 is 1.27 bits per heavy atom. The number of hydrogen-bond donors (Lipinski definition) is 1. The van der Waals surface area contributed by atoms with Crippen molar-refractivity contribution in [1.29, 1.82) is 5.26 Å². The van der Waals surface area contributed by atoms with Crippen LogP contribution in [-0.2, 0) is 11.3 Å². The number of para-hydroxylation sites is 1. The van der Waals surface area contributed by atoms with Crippen molar-refractivity contribution in [2.75, 3.05) is 5.32 Å². The van der Waals surface area contributed by atoms with Gasteiger partial charge in [0, 0.05) is 39.4 Å². The molecule has 0 radical (unpaired) electrons. The minimum absolute atomic E-state index is 0.0477. The topological polar surface area (TPSA) is 57.8 Å². The van der Waals surface area contributed by atoms with Crippen LogP contribution in [0.15, 0.2) is 77.4 Å². The molecule has 0 atom stereocenters. The Balaban J connectivity index is 1.96. The van der Waals surface area contributed by atoms with Crippen LogP contribution in [0, 0.1) is 11.3 Å². The van der Waals surface area contributed by atoms with Crippen molar-refractivity contribution in [3.8, 4) is 6.07 Å². The lowest BCUT2D eigenvalue weighted by Crippen LogP contribution is -2.13. The molecule has 0 bridgehead atoms. The van der Waals surface area contributed by atoms with Gasteiger partial charge in [-0.2, -0.15) is 5.26 Å². The largest absolute Gasteiger partial charge is 0.343 e. The lowest BCUT2D eigenvalue weighted by atomic mass is 10.1. The number of carbonyl (C=O) groups excluding carboxylic acids is 1. The van der Waals surface area contributed by atoms with Gasteiger partial charge in [-0.15, -0.1) is 6.58 Å². The highest BCUT2D eigenvalue weighted by Gasteiger charge is 2.12. The van der Waals surface area contributed by atoms with Gasteiger partial charge < -0.3 is 9.88 Å². The molecule has 0 unspecified atom stereocenters. The first-order valence-corrected chi connectivity index (χ1v) is 8.79. The highest BCUT2D eigenvalue weighted by atomic mass is 79.9. The Morgan fingerprint density at radius 3 is 2.81 bits per heavy atom. The Kier molecular flexibility index (Phi) is 5.35. The van der Waals surface area contributed by atoms with E-state index < -0.39 is 5.91 Å². The minimum Gasteiger partial charge on any atom is -0.343 e. The number of carbonyl (C=O) groups is 1. The number of rotatable bonds is 5. The number of nitriles is 1. The van der Waals surface area contributed by atoms with Crippen LogP contribution in [0.1, 0.15) is 5.56 Å². The number of aromatic nitrogens is 1. The van der Waals surface area contributed by atoms with Crippen LogP contribution in [0.3, 0.4) is 0 Å². The molecule has 1 aromatic heterocycles. The molecule has 0 fully saturated rings. The van der Waals surface area contributed by atoms with Crippen molar-refractivity contribution in [3.05, 3.63) is 83.0 Å². The van der Waals surface area contributed by atoms with E-state index in [2.05, 4.69) is 27.8 Å². The van der Waals surface area contributed by atoms with Gasteiger partial charge in [0.1, 0.15) is 11.6 Å². The summed E-state index contributed by atoms with van der Waals surface area (Å²) < 4.78 is 2.89. The van der Waals surface area contributed by atoms with Gasteiger partial charge >= 0.3 is 0 Å². The normalized spacial score (nSPS) is 11.2. The summed E-state index contributed by atoms with van der Waals surface area (Å²) in [5, 5.41) is 13.2. The number of fused-ring (bicyclic) bond motifs is 1. The van der Waals surface area contributed by atoms with Crippen LogP contribution in [-0.4, -0.2) is 10.5 Å². The molecule has 5 heteroatoms. The van der Waals surface area contributed by atoms with Crippen LogP contribution in [0.4, 0.5) is 5.69 Å². The molecule has 1 N–H and O–H groups in total. The van der Waals surface area contributed by atoms with E-state index in [4.69, 9.17) is 0 Å². The molecule has 3 aromatic rings. The Morgan fingerprint density at radius 2 is 2.08 bits per heavy atom. The Labute approximate surface area is 160 Å². The number of amides is 1. The second kappa shape index (κ2) is 7.85. The summed E-state index contributed by atoms with van der Waals surface area (Å²) in [6.45, 7) is 4.43. The van der Waals surface area contributed by atoms with E-state index in [1.807, 2.05) is 59.3 Å². The fraction of sp³-hybridized carbons (Fsp3) is 0.0476. The van der Waals surface area contributed by atoms with Crippen molar-refractivity contribution in [3.63, 3.8) is 0 Å². The average molecular weight is 406 g/mol. The van der Waals surface area contributed by atoms with Gasteiger partial charge in [0.15, 0.2) is 0 Å². The maximum absolute atomic E-state index is 12.5. The molecule has 26 heavy (non-hydrogen) atoms. The number of benzene rings is 2. The lowest BCUT2D eigenvalue weighted by Gasteiger charge is -2.04. The SMILES string of the molecule is C=CCn1cc(/C=C(/C#N)C(=O)Nc2cccc(Br)c2)c2ccccc21. The van der Waals surface area contributed by atoms with Gasteiger partial charge in [0.05, 0.1) is 0 Å². The summed E-state index contributed by atoms with van der Waals surface area (Å²) in [6, 6.07) is 17.1. The molecule has 1 heterocycles.